The average molecular weight is 472 g/mol. The molecule has 3 nitrogen and oxygen atoms in total. The normalized spacial score (nSPS) is 14.8. The molecule has 0 unspecified atom stereocenters. The van der Waals surface area contributed by atoms with Crippen molar-refractivity contribution in [2.45, 2.75) is 72.6 Å². The highest BCUT2D eigenvalue weighted by atomic mass is 19.2. The average Bonchev–Trinajstić information content (AvgIpc) is 2.79. The summed E-state index contributed by atoms with van der Waals surface area (Å²) in [7, 11) is 0. The Morgan fingerprint density at radius 1 is 1.00 bits per heavy atom. The highest BCUT2D eigenvalue weighted by Crippen LogP contribution is 2.28. The maximum Gasteiger partial charge on any atom is 0.257 e. The molecule has 1 aliphatic rings. The second kappa shape index (κ2) is 17.0. The highest BCUT2D eigenvalue weighted by molar-refractivity contribution is 5.95. The Balaban J connectivity index is 0.000000770. The monoisotopic (exact) mass is 471 g/mol. The van der Waals surface area contributed by atoms with Crippen molar-refractivity contribution in [1.29, 1.82) is 0 Å². The van der Waals surface area contributed by atoms with Crippen molar-refractivity contribution in [1.82, 2.24) is 5.32 Å². The SMILES string of the molecule is C=C/C=C(\C=C/C)CNC(=O)c1c(F)c(F)c(O)c(F)c1F.CC.CC1CCCCCCC1. The molecule has 2 N–H and O–H groups in total. The van der Waals surface area contributed by atoms with Gasteiger partial charge in [-0.1, -0.05) is 96.6 Å². The second-order valence-corrected chi connectivity index (χ2v) is 7.59. The van der Waals surface area contributed by atoms with E-state index in [-0.39, 0.29) is 6.54 Å². The number of benzene rings is 1. The molecule has 1 aromatic carbocycles. The summed E-state index contributed by atoms with van der Waals surface area (Å²) in [5.41, 5.74) is -0.891. The van der Waals surface area contributed by atoms with Gasteiger partial charge in [-0.25, -0.2) is 8.78 Å². The van der Waals surface area contributed by atoms with E-state index in [1.54, 1.807) is 19.1 Å². The zero-order valence-corrected chi connectivity index (χ0v) is 20.1. The van der Waals surface area contributed by atoms with Gasteiger partial charge in [0.05, 0.1) is 0 Å². The zero-order valence-electron chi connectivity index (χ0n) is 20.1. The van der Waals surface area contributed by atoms with E-state index in [2.05, 4.69) is 18.8 Å². The number of hydrogen-bond donors (Lipinski definition) is 2. The van der Waals surface area contributed by atoms with Crippen LogP contribution in [0.4, 0.5) is 17.6 Å². The van der Waals surface area contributed by atoms with E-state index >= 15 is 0 Å². The fourth-order valence-electron chi connectivity index (χ4n) is 3.29. The van der Waals surface area contributed by atoms with E-state index in [9.17, 15) is 22.4 Å². The van der Waals surface area contributed by atoms with Crippen LogP contribution in [0.5, 0.6) is 5.75 Å². The summed E-state index contributed by atoms with van der Waals surface area (Å²) in [5, 5.41) is 11.0. The van der Waals surface area contributed by atoms with Crippen LogP contribution in [0.1, 0.15) is 83.0 Å². The van der Waals surface area contributed by atoms with E-state index < -0.39 is 40.5 Å². The Morgan fingerprint density at radius 2 is 1.48 bits per heavy atom. The van der Waals surface area contributed by atoms with Gasteiger partial charge in [-0.15, -0.1) is 0 Å². The van der Waals surface area contributed by atoms with Gasteiger partial charge in [0.1, 0.15) is 5.56 Å². The standard InChI is InChI=1S/C15H13F4NO2.C9H18.C2H6/c1-3-5-8(6-4-2)7-20-15(22)9-10(16)12(18)14(21)13(19)11(9)17;1-9-7-5-3-2-4-6-8-9;1-2/h3-6,21H,1,7H2,2H3,(H,20,22);9H,2-8H2,1H3;1-2H3/b6-4-,8-5+;;. The first-order valence-electron chi connectivity index (χ1n) is 11.5. The van der Waals surface area contributed by atoms with Crippen molar-refractivity contribution in [2.24, 2.45) is 5.92 Å². The maximum absolute atomic E-state index is 13.5. The van der Waals surface area contributed by atoms with E-state index in [0.29, 0.717) is 5.57 Å². The summed E-state index contributed by atoms with van der Waals surface area (Å²) >= 11 is 0. The number of hydrogen-bond acceptors (Lipinski definition) is 2. The second-order valence-electron chi connectivity index (χ2n) is 7.59. The van der Waals surface area contributed by atoms with Crippen LogP contribution < -0.4 is 5.32 Å². The summed E-state index contributed by atoms with van der Waals surface area (Å²) < 4.78 is 53.4. The molecule has 2 rings (SSSR count). The van der Waals surface area contributed by atoms with Gasteiger partial charge in [0.25, 0.3) is 5.91 Å². The van der Waals surface area contributed by atoms with Crippen molar-refractivity contribution in [2.75, 3.05) is 6.54 Å². The molecule has 0 atom stereocenters. The lowest BCUT2D eigenvalue weighted by Gasteiger charge is -2.13. The summed E-state index contributed by atoms with van der Waals surface area (Å²) in [5.74, 6) is -10.1. The molecule has 0 aliphatic heterocycles. The zero-order chi connectivity index (χ0) is 25.4. The molecular weight excluding hydrogens is 434 g/mol. The molecule has 0 spiro atoms. The van der Waals surface area contributed by atoms with E-state index in [1.165, 1.54) is 57.1 Å². The number of allylic oxidation sites excluding steroid dienone is 3. The van der Waals surface area contributed by atoms with Crippen LogP contribution in [0.15, 0.2) is 36.5 Å². The van der Waals surface area contributed by atoms with Gasteiger partial charge in [0, 0.05) is 6.54 Å². The van der Waals surface area contributed by atoms with Crippen LogP contribution in [0.3, 0.4) is 0 Å². The Labute approximate surface area is 195 Å². The van der Waals surface area contributed by atoms with Gasteiger partial charge in [0.15, 0.2) is 17.4 Å². The molecule has 33 heavy (non-hydrogen) atoms. The van der Waals surface area contributed by atoms with Gasteiger partial charge in [-0.3, -0.25) is 4.79 Å². The number of nitrogens with one attached hydrogen (secondary N) is 1. The molecule has 1 aliphatic carbocycles. The van der Waals surface area contributed by atoms with Crippen molar-refractivity contribution >= 4 is 5.91 Å². The molecule has 0 heterocycles. The number of halogens is 4. The van der Waals surface area contributed by atoms with E-state index in [1.807, 2.05) is 13.8 Å². The molecule has 1 aromatic rings. The largest absolute Gasteiger partial charge is 0.503 e. The van der Waals surface area contributed by atoms with Crippen LogP contribution in [-0.4, -0.2) is 17.6 Å². The highest BCUT2D eigenvalue weighted by Gasteiger charge is 2.29. The molecule has 0 aromatic heterocycles. The van der Waals surface area contributed by atoms with Gasteiger partial charge in [0.2, 0.25) is 11.6 Å². The van der Waals surface area contributed by atoms with Gasteiger partial charge in [-0.2, -0.15) is 8.78 Å². The Kier molecular flexibility index (Phi) is 15.7. The molecule has 0 saturated heterocycles. The number of carbonyl (C=O) groups excluding carboxylic acids is 1. The molecule has 186 valence electrons. The van der Waals surface area contributed by atoms with Crippen LogP contribution in [-0.2, 0) is 0 Å². The summed E-state index contributed by atoms with van der Waals surface area (Å²) in [6, 6.07) is 0. The van der Waals surface area contributed by atoms with Crippen LogP contribution in [0.25, 0.3) is 0 Å². The van der Waals surface area contributed by atoms with Crippen molar-refractivity contribution in [3.63, 3.8) is 0 Å². The Hall–Kier alpha value is -2.57. The third-order valence-corrected chi connectivity index (χ3v) is 5.03. The molecule has 1 saturated carbocycles. The maximum atomic E-state index is 13.5. The van der Waals surface area contributed by atoms with Crippen LogP contribution in [0.2, 0.25) is 0 Å². The van der Waals surface area contributed by atoms with Crippen LogP contribution >= 0.6 is 0 Å². The minimum atomic E-state index is -2.03. The molecule has 0 bridgehead atoms. The lowest BCUT2D eigenvalue weighted by Crippen LogP contribution is -2.28. The number of carbonyl (C=O) groups is 1. The Bertz CT molecular complexity index is 782. The molecule has 0 radical (unpaired) electrons. The summed E-state index contributed by atoms with van der Waals surface area (Å²) in [4.78, 5) is 11.7. The van der Waals surface area contributed by atoms with Gasteiger partial charge >= 0.3 is 0 Å². The summed E-state index contributed by atoms with van der Waals surface area (Å²) in [6.07, 6.45) is 16.6. The smallest absolute Gasteiger partial charge is 0.257 e. The fourth-order valence-corrected chi connectivity index (χ4v) is 3.29. The predicted octanol–water partition coefficient (Wildman–Crippen LogP) is 7.76. The molecule has 1 fully saturated rings. The number of phenols is 1. The van der Waals surface area contributed by atoms with E-state index in [0.717, 1.165) is 5.92 Å². The number of aromatic hydroxyl groups is 1. The lowest BCUT2D eigenvalue weighted by atomic mass is 9.93. The van der Waals surface area contributed by atoms with Crippen molar-refractivity contribution < 1.29 is 27.5 Å². The van der Waals surface area contributed by atoms with Crippen molar-refractivity contribution in [3.8, 4) is 5.75 Å². The Morgan fingerprint density at radius 3 is 1.94 bits per heavy atom. The molecule has 1 amide bonds. The first-order chi connectivity index (χ1) is 15.7. The third-order valence-electron chi connectivity index (χ3n) is 5.03. The first kappa shape index (κ1) is 30.4. The topological polar surface area (TPSA) is 49.3 Å². The van der Waals surface area contributed by atoms with Gasteiger partial charge < -0.3 is 10.4 Å². The lowest BCUT2D eigenvalue weighted by molar-refractivity contribution is 0.0946. The van der Waals surface area contributed by atoms with Gasteiger partial charge in [-0.05, 0) is 18.4 Å². The van der Waals surface area contributed by atoms with E-state index in [4.69, 9.17) is 5.11 Å². The quantitative estimate of drug-likeness (QED) is 0.262. The van der Waals surface area contributed by atoms with Crippen molar-refractivity contribution in [3.05, 3.63) is 65.3 Å². The minimum Gasteiger partial charge on any atom is -0.503 e. The molecule has 7 heteroatoms. The number of phenolic OH excluding ortho intramolecular Hbond substituents is 1. The number of rotatable bonds is 5. The molecular formula is C26H37F4NO2. The third kappa shape index (κ3) is 10.3. The summed E-state index contributed by atoms with van der Waals surface area (Å²) in [6.45, 7) is 11.4. The number of amides is 1. The van der Waals surface area contributed by atoms with Crippen LogP contribution in [0, 0.1) is 29.2 Å². The first-order valence-corrected chi connectivity index (χ1v) is 11.5. The predicted molar refractivity (Wildman–Crippen MR) is 126 cm³/mol. The fraction of sp³-hybridized carbons (Fsp3) is 0.500. The minimum absolute atomic E-state index is 0.141.